The number of halogens is 1. The maximum Gasteiger partial charge on any atom is 0.261 e. The Morgan fingerprint density at radius 1 is 0.818 bits per heavy atom. The second kappa shape index (κ2) is 5.63. The lowest BCUT2D eigenvalue weighted by molar-refractivity contribution is 0.610. The van der Waals surface area contributed by atoms with E-state index in [4.69, 9.17) is 10.7 Å². The largest absolute Gasteiger partial charge is 0.355 e. The fourth-order valence-electron chi connectivity index (χ4n) is 2.46. The molecule has 0 aromatic heterocycles. The molecular formula is C17H14ClNO2S. The van der Waals surface area contributed by atoms with E-state index in [0.717, 1.165) is 22.3 Å². The number of rotatable bonds is 3. The van der Waals surface area contributed by atoms with Crippen LogP contribution >= 0.6 is 10.7 Å². The van der Waals surface area contributed by atoms with Gasteiger partial charge in [-0.15, -0.1) is 0 Å². The van der Waals surface area contributed by atoms with Crippen molar-refractivity contribution < 1.29 is 8.42 Å². The molecule has 0 heterocycles. The molecule has 0 saturated carbocycles. The van der Waals surface area contributed by atoms with Crippen molar-refractivity contribution >= 4 is 41.9 Å². The van der Waals surface area contributed by atoms with Gasteiger partial charge >= 0.3 is 0 Å². The van der Waals surface area contributed by atoms with Crippen LogP contribution < -0.4 is 5.32 Å². The first-order chi connectivity index (χ1) is 10.5. The van der Waals surface area contributed by atoms with Crippen LogP contribution in [0.15, 0.2) is 65.6 Å². The van der Waals surface area contributed by atoms with E-state index in [9.17, 15) is 8.42 Å². The lowest BCUT2D eigenvalue weighted by Gasteiger charge is -2.13. The zero-order chi connectivity index (χ0) is 15.7. The summed E-state index contributed by atoms with van der Waals surface area (Å²) in [6, 6.07) is 18.5. The monoisotopic (exact) mass is 331 g/mol. The molecule has 0 radical (unpaired) electrons. The van der Waals surface area contributed by atoms with Crippen LogP contribution in [0.3, 0.4) is 0 Å². The Labute approximate surface area is 134 Å². The summed E-state index contributed by atoms with van der Waals surface area (Å²) in [6.07, 6.45) is 0. The van der Waals surface area contributed by atoms with Crippen molar-refractivity contribution in [3.8, 4) is 0 Å². The van der Waals surface area contributed by atoms with Gasteiger partial charge in [0.05, 0.1) is 4.90 Å². The first-order valence-electron chi connectivity index (χ1n) is 6.76. The second-order valence-electron chi connectivity index (χ2n) is 5.03. The van der Waals surface area contributed by atoms with Gasteiger partial charge in [-0.25, -0.2) is 8.42 Å². The summed E-state index contributed by atoms with van der Waals surface area (Å²) in [5, 5.41) is 4.78. The van der Waals surface area contributed by atoms with Crippen LogP contribution in [0, 0.1) is 6.92 Å². The minimum Gasteiger partial charge on any atom is -0.355 e. The van der Waals surface area contributed by atoms with Crippen molar-refractivity contribution in [1.82, 2.24) is 0 Å². The zero-order valence-corrected chi connectivity index (χ0v) is 13.4. The number of fused-ring (bicyclic) bond motifs is 1. The van der Waals surface area contributed by atoms with Crippen LogP contribution in [-0.4, -0.2) is 8.42 Å². The van der Waals surface area contributed by atoms with Crippen LogP contribution in [0.25, 0.3) is 10.8 Å². The Morgan fingerprint density at radius 2 is 1.45 bits per heavy atom. The number of aryl methyl sites for hydroxylation is 1. The van der Waals surface area contributed by atoms with Crippen LogP contribution in [0.1, 0.15) is 5.56 Å². The lowest BCUT2D eigenvalue weighted by atomic mass is 10.1. The van der Waals surface area contributed by atoms with Crippen molar-refractivity contribution in [3.63, 3.8) is 0 Å². The maximum atomic E-state index is 11.7. The van der Waals surface area contributed by atoms with Crippen molar-refractivity contribution in [2.24, 2.45) is 0 Å². The van der Waals surface area contributed by atoms with Gasteiger partial charge in [0.15, 0.2) is 0 Å². The summed E-state index contributed by atoms with van der Waals surface area (Å²) in [4.78, 5) is 0.125. The Morgan fingerprint density at radius 3 is 2.18 bits per heavy atom. The number of benzene rings is 3. The Bertz CT molecular complexity index is 952. The minimum absolute atomic E-state index is 0.125. The van der Waals surface area contributed by atoms with Gasteiger partial charge in [0.1, 0.15) is 0 Å². The third kappa shape index (κ3) is 2.80. The van der Waals surface area contributed by atoms with E-state index in [2.05, 4.69) is 5.32 Å². The Balaban J connectivity index is 2.18. The molecule has 3 aromatic rings. The molecule has 112 valence electrons. The van der Waals surface area contributed by atoms with Crippen LogP contribution in [0.2, 0.25) is 0 Å². The van der Waals surface area contributed by atoms with E-state index < -0.39 is 9.05 Å². The molecule has 0 aliphatic heterocycles. The molecule has 0 atom stereocenters. The fraction of sp³-hybridized carbons (Fsp3) is 0.0588. The molecular weight excluding hydrogens is 318 g/mol. The van der Waals surface area contributed by atoms with E-state index in [1.54, 1.807) is 12.1 Å². The van der Waals surface area contributed by atoms with Crippen molar-refractivity contribution in [2.45, 2.75) is 11.8 Å². The number of hydrogen-bond acceptors (Lipinski definition) is 3. The Hall–Kier alpha value is -2.04. The summed E-state index contributed by atoms with van der Waals surface area (Å²) in [5.74, 6) is 0. The lowest BCUT2D eigenvalue weighted by Crippen LogP contribution is -1.96. The van der Waals surface area contributed by atoms with Crippen molar-refractivity contribution in [1.29, 1.82) is 0 Å². The molecule has 0 saturated heterocycles. The first-order valence-corrected chi connectivity index (χ1v) is 9.07. The van der Waals surface area contributed by atoms with Gasteiger partial charge in [-0.2, -0.15) is 0 Å². The highest BCUT2D eigenvalue weighted by atomic mass is 35.7. The quantitative estimate of drug-likeness (QED) is 0.700. The van der Waals surface area contributed by atoms with Gasteiger partial charge in [0.25, 0.3) is 9.05 Å². The average Bonchev–Trinajstić information content (AvgIpc) is 2.48. The van der Waals surface area contributed by atoms with Gasteiger partial charge in [-0.3, -0.25) is 0 Å². The smallest absolute Gasteiger partial charge is 0.261 e. The average molecular weight is 332 g/mol. The van der Waals surface area contributed by atoms with Crippen LogP contribution in [0.5, 0.6) is 0 Å². The molecule has 22 heavy (non-hydrogen) atoms. The minimum atomic E-state index is -3.78. The van der Waals surface area contributed by atoms with Crippen molar-refractivity contribution in [3.05, 3.63) is 66.2 Å². The predicted molar refractivity (Wildman–Crippen MR) is 91.4 cm³/mol. The van der Waals surface area contributed by atoms with E-state index in [0.29, 0.717) is 5.39 Å². The standard InChI is InChI=1S/C17H14ClNO2S/c1-12-6-2-3-9-15(12)19-16-10-4-8-14-13(16)7-5-11-17(14)22(18,20)21/h2-11,19H,1H3. The van der Waals surface area contributed by atoms with Crippen LogP contribution in [-0.2, 0) is 9.05 Å². The van der Waals surface area contributed by atoms with Crippen molar-refractivity contribution in [2.75, 3.05) is 5.32 Å². The second-order valence-corrected chi connectivity index (χ2v) is 7.57. The molecule has 0 unspecified atom stereocenters. The summed E-state index contributed by atoms with van der Waals surface area (Å²) < 4.78 is 23.4. The molecule has 0 spiro atoms. The molecule has 0 fully saturated rings. The summed E-state index contributed by atoms with van der Waals surface area (Å²) in [6.45, 7) is 2.02. The molecule has 3 nitrogen and oxygen atoms in total. The molecule has 3 aromatic carbocycles. The van der Waals surface area contributed by atoms with Gasteiger partial charge in [0, 0.05) is 32.8 Å². The summed E-state index contributed by atoms with van der Waals surface area (Å²) in [7, 11) is 1.74. The number of para-hydroxylation sites is 1. The number of nitrogens with one attached hydrogen (secondary N) is 1. The molecule has 1 N–H and O–H groups in total. The number of hydrogen-bond donors (Lipinski definition) is 1. The molecule has 3 rings (SSSR count). The van der Waals surface area contributed by atoms with Gasteiger partial charge in [-0.05, 0) is 30.7 Å². The number of anilines is 2. The predicted octanol–water partition coefficient (Wildman–Crippen LogP) is 4.82. The van der Waals surface area contributed by atoms with Gasteiger partial charge in [-0.1, -0.05) is 42.5 Å². The SMILES string of the molecule is Cc1ccccc1Nc1cccc2c(S(=O)(=O)Cl)cccc12. The molecule has 5 heteroatoms. The Kier molecular flexibility index (Phi) is 3.81. The third-order valence-electron chi connectivity index (χ3n) is 3.56. The topological polar surface area (TPSA) is 46.2 Å². The highest BCUT2D eigenvalue weighted by molar-refractivity contribution is 8.14. The van der Waals surface area contributed by atoms with E-state index in [1.807, 2.05) is 49.4 Å². The van der Waals surface area contributed by atoms with Gasteiger partial charge in [0.2, 0.25) is 0 Å². The highest BCUT2D eigenvalue weighted by Crippen LogP contribution is 2.32. The zero-order valence-electron chi connectivity index (χ0n) is 11.9. The fourth-order valence-corrected chi connectivity index (χ4v) is 3.55. The van der Waals surface area contributed by atoms with E-state index >= 15 is 0 Å². The van der Waals surface area contributed by atoms with E-state index in [-0.39, 0.29) is 4.90 Å². The van der Waals surface area contributed by atoms with Gasteiger partial charge < -0.3 is 5.32 Å². The maximum absolute atomic E-state index is 11.7. The third-order valence-corrected chi connectivity index (χ3v) is 4.94. The van der Waals surface area contributed by atoms with Crippen LogP contribution in [0.4, 0.5) is 11.4 Å². The molecule has 0 bridgehead atoms. The summed E-state index contributed by atoms with van der Waals surface area (Å²) in [5.41, 5.74) is 2.93. The van der Waals surface area contributed by atoms with E-state index in [1.165, 1.54) is 6.07 Å². The first kappa shape index (κ1) is 14.9. The highest BCUT2D eigenvalue weighted by Gasteiger charge is 2.15. The molecule has 0 aliphatic carbocycles. The molecule has 0 aliphatic rings. The summed E-state index contributed by atoms with van der Waals surface area (Å²) >= 11 is 0. The molecule has 0 amide bonds. The normalized spacial score (nSPS) is 11.5.